The van der Waals surface area contributed by atoms with E-state index in [1.807, 2.05) is 13.0 Å². The van der Waals surface area contributed by atoms with Gasteiger partial charge < -0.3 is 10.3 Å². The van der Waals surface area contributed by atoms with Gasteiger partial charge in [0.2, 0.25) is 0 Å². The molecular formula is C16H17ClN2O2. The van der Waals surface area contributed by atoms with Crippen LogP contribution in [0, 0.1) is 20.8 Å². The predicted octanol–water partition coefficient (Wildman–Crippen LogP) is 2.88. The molecule has 0 radical (unpaired) electrons. The molecule has 0 aliphatic rings. The molecule has 1 aromatic carbocycles. The monoisotopic (exact) mass is 304 g/mol. The minimum Gasteiger partial charge on any atom is -0.363 e. The summed E-state index contributed by atoms with van der Waals surface area (Å²) in [6.07, 6.45) is 1.65. The first-order valence-corrected chi connectivity index (χ1v) is 7.00. The summed E-state index contributed by atoms with van der Waals surface area (Å²) in [5, 5.41) is 3.21. The summed E-state index contributed by atoms with van der Waals surface area (Å²) in [5.74, 6) is -0.251. The molecule has 1 amide bonds. The fraction of sp³-hybridized carbons (Fsp3) is 0.250. The van der Waals surface area contributed by atoms with Gasteiger partial charge in [-0.15, -0.1) is 0 Å². The van der Waals surface area contributed by atoms with E-state index in [2.05, 4.69) is 10.3 Å². The van der Waals surface area contributed by atoms with Crippen molar-refractivity contribution in [2.24, 2.45) is 0 Å². The van der Waals surface area contributed by atoms with E-state index in [-0.39, 0.29) is 17.9 Å². The van der Waals surface area contributed by atoms with E-state index < -0.39 is 0 Å². The minimum absolute atomic E-state index is 0.00748. The molecule has 0 saturated carbocycles. The van der Waals surface area contributed by atoms with Crippen LogP contribution in [0.3, 0.4) is 0 Å². The number of H-pyrrole nitrogens is 1. The van der Waals surface area contributed by atoms with E-state index in [0.29, 0.717) is 27.4 Å². The Morgan fingerprint density at radius 1 is 1.24 bits per heavy atom. The van der Waals surface area contributed by atoms with Crippen molar-refractivity contribution in [3.63, 3.8) is 0 Å². The average Bonchev–Trinajstić information content (AvgIpc) is 2.44. The van der Waals surface area contributed by atoms with Gasteiger partial charge in [-0.3, -0.25) is 9.59 Å². The number of aromatic nitrogens is 1. The van der Waals surface area contributed by atoms with Gasteiger partial charge in [-0.2, -0.15) is 0 Å². The van der Waals surface area contributed by atoms with Crippen molar-refractivity contribution >= 4 is 17.5 Å². The number of aryl methyl sites for hydroxylation is 2. The number of benzene rings is 1. The number of hydrogen-bond donors (Lipinski definition) is 2. The average molecular weight is 305 g/mol. The van der Waals surface area contributed by atoms with E-state index in [0.717, 1.165) is 5.56 Å². The van der Waals surface area contributed by atoms with Crippen molar-refractivity contribution in [2.75, 3.05) is 0 Å². The predicted molar refractivity (Wildman–Crippen MR) is 83.9 cm³/mol. The summed E-state index contributed by atoms with van der Waals surface area (Å²) < 4.78 is 0. The van der Waals surface area contributed by atoms with Gasteiger partial charge in [0.15, 0.2) is 5.43 Å². The molecule has 0 spiro atoms. The topological polar surface area (TPSA) is 62.0 Å². The van der Waals surface area contributed by atoms with Gasteiger partial charge in [0, 0.05) is 23.0 Å². The first-order chi connectivity index (χ1) is 9.91. The Labute approximate surface area is 128 Å². The fourth-order valence-corrected chi connectivity index (χ4v) is 2.47. The van der Waals surface area contributed by atoms with Crippen molar-refractivity contribution < 1.29 is 4.79 Å². The highest BCUT2D eigenvalue weighted by Gasteiger charge is 2.13. The number of rotatable bonds is 3. The summed E-state index contributed by atoms with van der Waals surface area (Å²) in [5.41, 5.74) is 3.24. The summed E-state index contributed by atoms with van der Waals surface area (Å²) in [6.45, 7) is 5.58. The Bertz CT molecular complexity index is 730. The van der Waals surface area contributed by atoms with Crippen molar-refractivity contribution in [1.29, 1.82) is 0 Å². The van der Waals surface area contributed by atoms with Gasteiger partial charge in [-0.05, 0) is 32.4 Å². The van der Waals surface area contributed by atoms with Crippen molar-refractivity contribution in [3.8, 4) is 0 Å². The quantitative estimate of drug-likeness (QED) is 0.916. The van der Waals surface area contributed by atoms with Crippen LogP contribution in [0.15, 0.2) is 29.2 Å². The lowest BCUT2D eigenvalue weighted by Crippen LogP contribution is -2.26. The number of pyridine rings is 1. The molecule has 21 heavy (non-hydrogen) atoms. The van der Waals surface area contributed by atoms with Gasteiger partial charge in [0.1, 0.15) is 0 Å². The molecule has 4 nitrogen and oxygen atoms in total. The first-order valence-electron chi connectivity index (χ1n) is 6.63. The summed E-state index contributed by atoms with van der Waals surface area (Å²) in [6, 6.07) is 5.32. The molecule has 0 unspecified atom stereocenters. The molecule has 0 aliphatic heterocycles. The number of aromatic amines is 1. The normalized spacial score (nSPS) is 10.5. The third kappa shape index (κ3) is 3.16. The number of amides is 1. The third-order valence-electron chi connectivity index (χ3n) is 3.49. The summed E-state index contributed by atoms with van der Waals surface area (Å²) in [7, 11) is 0. The lowest BCUT2D eigenvalue weighted by Gasteiger charge is -2.11. The van der Waals surface area contributed by atoms with Crippen molar-refractivity contribution in [2.45, 2.75) is 27.3 Å². The zero-order chi connectivity index (χ0) is 15.6. The van der Waals surface area contributed by atoms with Crippen LogP contribution < -0.4 is 10.7 Å². The maximum absolute atomic E-state index is 12.2. The highest BCUT2D eigenvalue weighted by molar-refractivity contribution is 6.34. The second-order valence-corrected chi connectivity index (χ2v) is 5.43. The molecule has 2 rings (SSSR count). The smallest absolute Gasteiger partial charge is 0.253 e. The Kier molecular flexibility index (Phi) is 4.48. The van der Waals surface area contributed by atoms with Crippen LogP contribution in [0.5, 0.6) is 0 Å². The van der Waals surface area contributed by atoms with Crippen molar-refractivity contribution in [1.82, 2.24) is 10.3 Å². The Morgan fingerprint density at radius 3 is 2.62 bits per heavy atom. The number of hydrogen-bond acceptors (Lipinski definition) is 2. The number of carbonyl (C=O) groups excluding carboxylic acids is 1. The van der Waals surface area contributed by atoms with Gasteiger partial charge in [0.25, 0.3) is 5.91 Å². The highest BCUT2D eigenvalue weighted by Crippen LogP contribution is 2.19. The lowest BCUT2D eigenvalue weighted by atomic mass is 10.1. The Hall–Kier alpha value is -2.07. The van der Waals surface area contributed by atoms with E-state index in [4.69, 9.17) is 11.6 Å². The molecule has 0 saturated heterocycles. The number of halogens is 1. The lowest BCUT2D eigenvalue weighted by molar-refractivity contribution is 0.0950. The SMILES string of the molecule is Cc1cccc(Cl)c1C(=O)NCc1[nH]cc(C)c(=O)c1C. The van der Waals surface area contributed by atoms with Gasteiger partial charge >= 0.3 is 0 Å². The second kappa shape index (κ2) is 6.14. The third-order valence-corrected chi connectivity index (χ3v) is 3.80. The molecule has 1 heterocycles. The van der Waals surface area contributed by atoms with Gasteiger partial charge in [-0.1, -0.05) is 23.7 Å². The highest BCUT2D eigenvalue weighted by atomic mass is 35.5. The van der Waals surface area contributed by atoms with Crippen LogP contribution in [-0.2, 0) is 6.54 Å². The first kappa shape index (κ1) is 15.3. The molecule has 1 aromatic heterocycles. The molecule has 0 atom stereocenters. The van der Waals surface area contributed by atoms with E-state index in [1.54, 1.807) is 32.2 Å². The van der Waals surface area contributed by atoms with Gasteiger partial charge in [-0.25, -0.2) is 0 Å². The number of nitrogens with one attached hydrogen (secondary N) is 2. The van der Waals surface area contributed by atoms with Crippen LogP contribution in [0.2, 0.25) is 5.02 Å². The molecule has 0 bridgehead atoms. The summed E-state index contributed by atoms with van der Waals surface area (Å²) in [4.78, 5) is 27.1. The Morgan fingerprint density at radius 2 is 1.95 bits per heavy atom. The molecule has 110 valence electrons. The minimum atomic E-state index is -0.251. The molecule has 2 N–H and O–H groups in total. The maximum atomic E-state index is 12.2. The van der Waals surface area contributed by atoms with E-state index >= 15 is 0 Å². The molecular weight excluding hydrogens is 288 g/mol. The van der Waals surface area contributed by atoms with Crippen LogP contribution >= 0.6 is 11.6 Å². The van der Waals surface area contributed by atoms with Crippen LogP contribution in [0.4, 0.5) is 0 Å². The zero-order valence-corrected chi connectivity index (χ0v) is 13.0. The zero-order valence-electron chi connectivity index (χ0n) is 12.2. The van der Waals surface area contributed by atoms with E-state index in [9.17, 15) is 9.59 Å². The van der Waals surface area contributed by atoms with Crippen LogP contribution in [0.25, 0.3) is 0 Å². The largest absolute Gasteiger partial charge is 0.363 e. The van der Waals surface area contributed by atoms with Gasteiger partial charge in [0.05, 0.1) is 17.1 Å². The summed E-state index contributed by atoms with van der Waals surface area (Å²) >= 11 is 6.06. The molecule has 0 aliphatic carbocycles. The second-order valence-electron chi connectivity index (χ2n) is 5.02. The number of carbonyl (C=O) groups is 1. The van der Waals surface area contributed by atoms with Crippen LogP contribution in [-0.4, -0.2) is 10.9 Å². The van der Waals surface area contributed by atoms with E-state index in [1.165, 1.54) is 0 Å². The molecule has 5 heteroatoms. The molecule has 2 aromatic rings. The standard InChI is InChI=1S/C16H17ClN2O2/c1-9-5-4-6-12(17)14(9)16(21)19-8-13-11(3)15(20)10(2)7-18-13/h4-7H,8H2,1-3H3,(H,18,20)(H,19,21). The molecule has 0 fully saturated rings. The Balaban J connectivity index is 2.19. The van der Waals surface area contributed by atoms with Crippen LogP contribution in [0.1, 0.15) is 32.7 Å². The maximum Gasteiger partial charge on any atom is 0.253 e. The van der Waals surface area contributed by atoms with Crippen molar-refractivity contribution in [3.05, 3.63) is 67.6 Å². The fourth-order valence-electron chi connectivity index (χ4n) is 2.16.